The highest BCUT2D eigenvalue weighted by atomic mass is 19.4. The Balaban J connectivity index is 1.30. The highest BCUT2D eigenvalue weighted by molar-refractivity contribution is 5.94. The van der Waals surface area contributed by atoms with Gasteiger partial charge in [0.2, 0.25) is 5.88 Å². The maximum atomic E-state index is 12.7. The van der Waals surface area contributed by atoms with Gasteiger partial charge >= 0.3 is 6.18 Å². The lowest BCUT2D eigenvalue weighted by atomic mass is 9.98. The van der Waals surface area contributed by atoms with Crippen LogP contribution in [0, 0.1) is 0 Å². The van der Waals surface area contributed by atoms with Gasteiger partial charge in [-0.25, -0.2) is 0 Å². The molecule has 4 rings (SSSR count). The van der Waals surface area contributed by atoms with Crippen LogP contribution in [-0.2, 0) is 6.18 Å². The van der Waals surface area contributed by atoms with Gasteiger partial charge in [0.1, 0.15) is 6.10 Å². The minimum atomic E-state index is -4.41. The van der Waals surface area contributed by atoms with Crippen molar-refractivity contribution in [3.63, 3.8) is 0 Å². The van der Waals surface area contributed by atoms with Gasteiger partial charge < -0.3 is 14.5 Å². The third-order valence-corrected chi connectivity index (χ3v) is 5.82. The van der Waals surface area contributed by atoms with E-state index < -0.39 is 11.7 Å². The van der Waals surface area contributed by atoms with E-state index in [4.69, 9.17) is 4.74 Å². The molecule has 31 heavy (non-hydrogen) atoms. The largest absolute Gasteiger partial charge is 0.473 e. The van der Waals surface area contributed by atoms with Crippen molar-refractivity contribution < 1.29 is 22.7 Å². The summed E-state index contributed by atoms with van der Waals surface area (Å²) < 4.78 is 44.0. The van der Waals surface area contributed by atoms with Crippen molar-refractivity contribution in [3.05, 3.63) is 47.5 Å². The van der Waals surface area contributed by atoms with Crippen LogP contribution >= 0.6 is 0 Å². The van der Waals surface area contributed by atoms with Crippen molar-refractivity contribution in [1.82, 2.24) is 15.1 Å². The molecule has 0 N–H and O–H groups in total. The molecule has 1 aromatic heterocycles. The molecule has 1 saturated heterocycles. The number of ether oxygens (including phenoxy) is 1. The van der Waals surface area contributed by atoms with E-state index in [0.717, 1.165) is 30.8 Å². The molecule has 1 saturated carbocycles. The quantitative estimate of drug-likeness (QED) is 0.723. The number of nitrogens with zero attached hydrogens (tertiary/aromatic N) is 4. The fourth-order valence-electron chi connectivity index (χ4n) is 4.02. The summed E-state index contributed by atoms with van der Waals surface area (Å²) in [6.07, 6.45) is 1.55. The number of hydrogen-bond donors (Lipinski definition) is 0. The average Bonchev–Trinajstić information content (AvgIpc) is 2.79. The normalized spacial score (nSPS) is 18.2. The minimum Gasteiger partial charge on any atom is -0.473 e. The minimum absolute atomic E-state index is 0.216. The number of hydrogen-bond acceptors (Lipinski definition) is 5. The lowest BCUT2D eigenvalue weighted by Gasteiger charge is -2.35. The van der Waals surface area contributed by atoms with E-state index in [1.807, 2.05) is 17.0 Å². The number of piperazine rings is 1. The van der Waals surface area contributed by atoms with Crippen LogP contribution in [0.2, 0.25) is 0 Å². The molecule has 9 heteroatoms. The van der Waals surface area contributed by atoms with Crippen LogP contribution in [0.25, 0.3) is 0 Å². The van der Waals surface area contributed by atoms with E-state index >= 15 is 0 Å². The van der Waals surface area contributed by atoms with Crippen LogP contribution in [0.1, 0.15) is 48.0 Å². The number of benzene rings is 1. The van der Waals surface area contributed by atoms with E-state index in [2.05, 4.69) is 10.2 Å². The second-order valence-electron chi connectivity index (χ2n) is 7.96. The predicted octanol–water partition coefficient (Wildman–Crippen LogP) is 4.17. The first-order valence-electron chi connectivity index (χ1n) is 10.6. The summed E-state index contributed by atoms with van der Waals surface area (Å²) in [6.45, 7) is 2.07. The molecule has 6 nitrogen and oxygen atoms in total. The van der Waals surface area contributed by atoms with Crippen molar-refractivity contribution in [2.24, 2.45) is 0 Å². The Labute approximate surface area is 179 Å². The van der Waals surface area contributed by atoms with Crippen molar-refractivity contribution in [2.45, 2.75) is 44.4 Å². The van der Waals surface area contributed by atoms with Crippen molar-refractivity contribution >= 4 is 11.7 Å². The highest BCUT2D eigenvalue weighted by Gasteiger charge is 2.31. The van der Waals surface area contributed by atoms with Gasteiger partial charge in [0.15, 0.2) is 5.82 Å². The second-order valence-corrected chi connectivity index (χ2v) is 7.96. The van der Waals surface area contributed by atoms with Gasteiger partial charge in [0.05, 0.1) is 5.56 Å². The standard InChI is InChI=1S/C22H25F3N4O2/c23-22(24,25)17-8-6-16(7-9-17)21(30)29-14-12-28(13-15-29)19-10-11-20(27-26-19)31-18-4-2-1-3-5-18/h6-11,18H,1-5,12-15H2. The summed E-state index contributed by atoms with van der Waals surface area (Å²) in [4.78, 5) is 16.3. The molecule has 0 spiro atoms. The first-order valence-corrected chi connectivity index (χ1v) is 10.6. The van der Waals surface area contributed by atoms with Crippen LogP contribution in [0.15, 0.2) is 36.4 Å². The highest BCUT2D eigenvalue weighted by Crippen LogP contribution is 2.29. The Morgan fingerprint density at radius 2 is 1.58 bits per heavy atom. The molecule has 2 heterocycles. The molecule has 2 aliphatic rings. The number of halogens is 3. The molecule has 0 atom stereocenters. The SMILES string of the molecule is O=C(c1ccc(C(F)(F)F)cc1)N1CCN(c2ccc(OC3CCCCC3)nn2)CC1. The van der Waals surface area contributed by atoms with Gasteiger partial charge in [-0.3, -0.25) is 4.79 Å². The van der Waals surface area contributed by atoms with Crippen LogP contribution in [0.3, 0.4) is 0 Å². The number of carbonyl (C=O) groups excluding carboxylic acids is 1. The third-order valence-electron chi connectivity index (χ3n) is 5.82. The molecular weight excluding hydrogens is 409 g/mol. The lowest BCUT2D eigenvalue weighted by Crippen LogP contribution is -2.49. The molecule has 166 valence electrons. The molecule has 0 radical (unpaired) electrons. The number of alkyl halides is 3. The maximum absolute atomic E-state index is 12.7. The van der Waals surface area contributed by atoms with Crippen molar-refractivity contribution in [3.8, 4) is 5.88 Å². The van der Waals surface area contributed by atoms with E-state index in [-0.39, 0.29) is 17.6 Å². The Hall–Kier alpha value is -2.84. The van der Waals surface area contributed by atoms with Crippen LogP contribution in [0.5, 0.6) is 5.88 Å². The fraction of sp³-hybridized carbons (Fsp3) is 0.500. The van der Waals surface area contributed by atoms with Gasteiger partial charge in [-0.2, -0.15) is 13.2 Å². The van der Waals surface area contributed by atoms with E-state index in [1.54, 1.807) is 4.90 Å². The summed E-state index contributed by atoms with van der Waals surface area (Å²) >= 11 is 0. The number of anilines is 1. The molecule has 1 aliphatic carbocycles. The van der Waals surface area contributed by atoms with Gasteiger partial charge in [-0.15, -0.1) is 10.2 Å². The molecule has 0 unspecified atom stereocenters. The average molecular weight is 434 g/mol. The zero-order valence-corrected chi connectivity index (χ0v) is 17.1. The van der Waals surface area contributed by atoms with Gasteiger partial charge in [-0.1, -0.05) is 6.42 Å². The molecule has 2 fully saturated rings. The summed E-state index contributed by atoms with van der Waals surface area (Å²) in [5.74, 6) is 0.986. The molecular formula is C22H25F3N4O2. The Morgan fingerprint density at radius 3 is 2.16 bits per heavy atom. The Kier molecular flexibility index (Phi) is 6.29. The number of carbonyl (C=O) groups is 1. The summed E-state index contributed by atoms with van der Waals surface area (Å²) in [6, 6.07) is 8.04. The third kappa shape index (κ3) is 5.26. The van der Waals surface area contributed by atoms with Crippen LogP contribution < -0.4 is 9.64 Å². The predicted molar refractivity (Wildman–Crippen MR) is 109 cm³/mol. The van der Waals surface area contributed by atoms with E-state index in [1.165, 1.54) is 31.4 Å². The zero-order chi connectivity index (χ0) is 21.8. The molecule has 2 aromatic rings. The van der Waals surface area contributed by atoms with E-state index in [9.17, 15) is 18.0 Å². The molecule has 1 aliphatic heterocycles. The second kappa shape index (κ2) is 9.11. The first-order chi connectivity index (χ1) is 14.9. The Bertz CT molecular complexity index is 873. The number of rotatable bonds is 4. The van der Waals surface area contributed by atoms with Gasteiger partial charge in [-0.05, 0) is 56.0 Å². The summed E-state index contributed by atoms with van der Waals surface area (Å²) in [5.41, 5.74) is -0.506. The summed E-state index contributed by atoms with van der Waals surface area (Å²) in [7, 11) is 0. The topological polar surface area (TPSA) is 58.6 Å². The van der Waals surface area contributed by atoms with Crippen molar-refractivity contribution in [1.29, 1.82) is 0 Å². The number of amides is 1. The lowest BCUT2D eigenvalue weighted by molar-refractivity contribution is -0.137. The van der Waals surface area contributed by atoms with Crippen molar-refractivity contribution in [2.75, 3.05) is 31.1 Å². The maximum Gasteiger partial charge on any atom is 0.416 e. The van der Waals surface area contributed by atoms with Crippen LogP contribution in [0.4, 0.5) is 19.0 Å². The summed E-state index contributed by atoms with van der Waals surface area (Å²) in [5, 5.41) is 8.46. The van der Waals surface area contributed by atoms with E-state index in [0.29, 0.717) is 32.1 Å². The molecule has 1 aromatic carbocycles. The monoisotopic (exact) mass is 434 g/mol. The van der Waals surface area contributed by atoms with Crippen LogP contribution in [-0.4, -0.2) is 53.3 Å². The smallest absolute Gasteiger partial charge is 0.416 e. The first kappa shape index (κ1) is 21.4. The Morgan fingerprint density at radius 1 is 0.903 bits per heavy atom. The fourth-order valence-corrected chi connectivity index (χ4v) is 4.02. The molecule has 1 amide bonds. The molecule has 0 bridgehead atoms. The van der Waals surface area contributed by atoms with Gasteiger partial charge in [0, 0.05) is 37.8 Å². The number of aromatic nitrogens is 2. The van der Waals surface area contributed by atoms with Gasteiger partial charge in [0.25, 0.3) is 5.91 Å². The zero-order valence-electron chi connectivity index (χ0n) is 17.1.